The molecule has 0 aliphatic heterocycles. The summed E-state index contributed by atoms with van der Waals surface area (Å²) in [5.41, 5.74) is 5.29. The van der Waals surface area contributed by atoms with Gasteiger partial charge in [-0.05, 0) is 31.7 Å². The molecule has 0 bridgehead atoms. The summed E-state index contributed by atoms with van der Waals surface area (Å²) >= 11 is 1.88. The van der Waals surface area contributed by atoms with Crippen LogP contribution in [0.2, 0.25) is 0 Å². The summed E-state index contributed by atoms with van der Waals surface area (Å²) in [4.78, 5) is 7.58. The fourth-order valence-corrected chi connectivity index (χ4v) is 4.58. The van der Waals surface area contributed by atoms with Crippen molar-refractivity contribution in [2.75, 3.05) is 0 Å². The third-order valence-corrected chi connectivity index (χ3v) is 5.30. The molecule has 0 saturated carbocycles. The van der Waals surface area contributed by atoms with Crippen molar-refractivity contribution < 1.29 is 4.42 Å². The Morgan fingerprint density at radius 3 is 3.17 bits per heavy atom. The van der Waals surface area contributed by atoms with Gasteiger partial charge in [0.15, 0.2) is 4.96 Å². The average molecular weight is 256 g/mol. The fourth-order valence-electron chi connectivity index (χ4n) is 3.36. The summed E-state index contributed by atoms with van der Waals surface area (Å²) < 4.78 is 7.96. The highest BCUT2D eigenvalue weighted by Crippen LogP contribution is 2.39. The minimum absolute atomic E-state index is 1.01. The molecule has 3 aromatic heterocycles. The van der Waals surface area contributed by atoms with E-state index < -0.39 is 0 Å². The van der Waals surface area contributed by atoms with E-state index in [0.717, 1.165) is 24.3 Å². The lowest BCUT2D eigenvalue weighted by molar-refractivity contribution is 0.505. The molecule has 0 N–H and O–H groups in total. The Morgan fingerprint density at radius 1 is 1.17 bits per heavy atom. The van der Waals surface area contributed by atoms with E-state index in [1.807, 2.05) is 11.3 Å². The fraction of sp³-hybridized carbons (Fsp3) is 0.357. The van der Waals surface area contributed by atoms with E-state index in [0.29, 0.717) is 0 Å². The Balaban J connectivity index is 1.89. The first-order chi connectivity index (χ1) is 8.92. The van der Waals surface area contributed by atoms with Gasteiger partial charge in [0, 0.05) is 22.6 Å². The molecule has 3 nitrogen and oxygen atoms in total. The van der Waals surface area contributed by atoms with Gasteiger partial charge < -0.3 is 4.42 Å². The topological polar surface area (TPSA) is 30.4 Å². The van der Waals surface area contributed by atoms with Gasteiger partial charge >= 0.3 is 0 Å². The SMILES string of the molecule is c1cc2c(o1)CCc1c-2nc2sc3c(n12)CCC3. The maximum absolute atomic E-state index is 5.53. The molecule has 3 aromatic rings. The van der Waals surface area contributed by atoms with Gasteiger partial charge in [0.25, 0.3) is 0 Å². The third-order valence-electron chi connectivity index (χ3n) is 4.16. The number of imidazole rings is 1. The maximum Gasteiger partial charge on any atom is 0.194 e. The Kier molecular flexibility index (Phi) is 1.60. The standard InChI is InChI=1S/C14H12N2OS/c1-2-9-12(3-1)18-14-15-13-8-6-7-17-11(8)5-4-10(13)16(9)14/h6-7H,1-5H2. The zero-order valence-electron chi connectivity index (χ0n) is 9.90. The van der Waals surface area contributed by atoms with Crippen LogP contribution in [0.15, 0.2) is 16.7 Å². The summed E-state index contributed by atoms with van der Waals surface area (Å²) in [5, 5.41) is 0. The second-order valence-corrected chi connectivity index (χ2v) is 6.17. The Labute approximate surface area is 108 Å². The number of furan rings is 1. The normalized spacial score (nSPS) is 16.9. The van der Waals surface area contributed by atoms with Crippen LogP contribution in [-0.2, 0) is 25.7 Å². The highest BCUT2D eigenvalue weighted by Gasteiger charge is 2.28. The first-order valence-corrected chi connectivity index (χ1v) is 7.32. The maximum atomic E-state index is 5.53. The quantitative estimate of drug-likeness (QED) is 0.618. The van der Waals surface area contributed by atoms with E-state index in [1.165, 1.54) is 41.2 Å². The van der Waals surface area contributed by atoms with Gasteiger partial charge in [-0.3, -0.25) is 4.40 Å². The second-order valence-electron chi connectivity index (χ2n) is 5.11. The average Bonchev–Trinajstić information content (AvgIpc) is 3.06. The third kappa shape index (κ3) is 0.988. The van der Waals surface area contributed by atoms with Gasteiger partial charge in [-0.25, -0.2) is 4.98 Å². The van der Waals surface area contributed by atoms with Crippen LogP contribution < -0.4 is 0 Å². The number of hydrogen-bond acceptors (Lipinski definition) is 3. The number of rotatable bonds is 0. The summed E-state index contributed by atoms with van der Waals surface area (Å²) in [5.74, 6) is 1.10. The summed E-state index contributed by atoms with van der Waals surface area (Å²) in [6.45, 7) is 0. The molecule has 0 unspecified atom stereocenters. The van der Waals surface area contributed by atoms with Crippen molar-refractivity contribution in [3.8, 4) is 11.3 Å². The zero-order chi connectivity index (χ0) is 11.7. The number of fused-ring (bicyclic) bond motifs is 7. The predicted octanol–water partition coefficient (Wildman–Crippen LogP) is 3.24. The molecule has 0 atom stereocenters. The van der Waals surface area contributed by atoms with Crippen LogP contribution in [0.5, 0.6) is 0 Å². The largest absolute Gasteiger partial charge is 0.469 e. The smallest absolute Gasteiger partial charge is 0.194 e. The van der Waals surface area contributed by atoms with E-state index in [4.69, 9.17) is 9.40 Å². The van der Waals surface area contributed by atoms with Crippen molar-refractivity contribution in [1.82, 2.24) is 9.38 Å². The molecule has 3 heterocycles. The molecule has 0 aromatic carbocycles. The van der Waals surface area contributed by atoms with Crippen molar-refractivity contribution in [2.45, 2.75) is 32.1 Å². The molecule has 4 heteroatoms. The lowest BCUT2D eigenvalue weighted by Gasteiger charge is -2.11. The van der Waals surface area contributed by atoms with E-state index in [1.54, 1.807) is 11.1 Å². The minimum Gasteiger partial charge on any atom is -0.469 e. The van der Waals surface area contributed by atoms with Gasteiger partial charge in [-0.2, -0.15) is 0 Å². The first kappa shape index (κ1) is 9.39. The molecule has 0 saturated heterocycles. The molecule has 2 aliphatic carbocycles. The lowest BCUT2D eigenvalue weighted by Crippen LogP contribution is -2.04. The van der Waals surface area contributed by atoms with E-state index in [-0.39, 0.29) is 0 Å². The van der Waals surface area contributed by atoms with Gasteiger partial charge in [0.05, 0.1) is 17.7 Å². The predicted molar refractivity (Wildman–Crippen MR) is 70.2 cm³/mol. The zero-order valence-corrected chi connectivity index (χ0v) is 10.7. The van der Waals surface area contributed by atoms with E-state index in [2.05, 4.69) is 10.5 Å². The monoisotopic (exact) mass is 256 g/mol. The molecule has 18 heavy (non-hydrogen) atoms. The summed E-state index contributed by atoms with van der Waals surface area (Å²) in [7, 11) is 0. The van der Waals surface area contributed by atoms with Crippen molar-refractivity contribution in [1.29, 1.82) is 0 Å². The number of thiazole rings is 1. The van der Waals surface area contributed by atoms with Crippen LogP contribution in [0, 0.1) is 0 Å². The number of aryl methyl sites for hydroxylation is 4. The highest BCUT2D eigenvalue weighted by atomic mass is 32.1. The Hall–Kier alpha value is -1.55. The lowest BCUT2D eigenvalue weighted by atomic mass is 9.99. The van der Waals surface area contributed by atoms with Crippen LogP contribution >= 0.6 is 11.3 Å². The van der Waals surface area contributed by atoms with Gasteiger partial charge in [-0.15, -0.1) is 11.3 Å². The van der Waals surface area contributed by atoms with Crippen LogP contribution in [0.1, 0.15) is 28.4 Å². The van der Waals surface area contributed by atoms with Crippen molar-refractivity contribution in [2.24, 2.45) is 0 Å². The van der Waals surface area contributed by atoms with Crippen LogP contribution in [0.4, 0.5) is 0 Å². The molecule has 0 amide bonds. The minimum atomic E-state index is 1.01. The molecule has 0 fully saturated rings. The van der Waals surface area contributed by atoms with Crippen LogP contribution in [-0.4, -0.2) is 9.38 Å². The van der Waals surface area contributed by atoms with Crippen molar-refractivity contribution >= 4 is 16.3 Å². The number of nitrogens with zero attached hydrogens (tertiary/aromatic N) is 2. The molecule has 2 aliphatic rings. The molecule has 0 spiro atoms. The number of hydrogen-bond donors (Lipinski definition) is 0. The second kappa shape index (κ2) is 3.06. The highest BCUT2D eigenvalue weighted by molar-refractivity contribution is 7.17. The Bertz CT molecular complexity index is 777. The summed E-state index contributed by atoms with van der Waals surface area (Å²) in [6, 6.07) is 2.06. The molecular formula is C14H12N2OS. The first-order valence-electron chi connectivity index (χ1n) is 6.50. The van der Waals surface area contributed by atoms with Gasteiger partial charge in [-0.1, -0.05) is 0 Å². The van der Waals surface area contributed by atoms with Gasteiger partial charge in [0.2, 0.25) is 0 Å². The van der Waals surface area contributed by atoms with Crippen LogP contribution in [0.3, 0.4) is 0 Å². The van der Waals surface area contributed by atoms with E-state index in [9.17, 15) is 0 Å². The van der Waals surface area contributed by atoms with E-state index >= 15 is 0 Å². The molecular weight excluding hydrogens is 244 g/mol. The van der Waals surface area contributed by atoms with Crippen molar-refractivity contribution in [3.05, 3.63) is 34.4 Å². The number of aromatic nitrogens is 2. The van der Waals surface area contributed by atoms with Crippen LogP contribution in [0.25, 0.3) is 16.2 Å². The molecule has 5 rings (SSSR count). The molecule has 0 radical (unpaired) electrons. The van der Waals surface area contributed by atoms with Crippen molar-refractivity contribution in [3.63, 3.8) is 0 Å². The molecule has 90 valence electrons. The van der Waals surface area contributed by atoms with Gasteiger partial charge in [0.1, 0.15) is 5.76 Å². The summed E-state index contributed by atoms with van der Waals surface area (Å²) in [6.07, 6.45) is 7.62. The Morgan fingerprint density at radius 2 is 2.17 bits per heavy atom.